The molecule has 0 aliphatic carbocycles. The van der Waals surface area contributed by atoms with Crippen LogP contribution in [0.1, 0.15) is 21.5 Å². The summed E-state index contributed by atoms with van der Waals surface area (Å²) in [5, 5.41) is 0. The van der Waals surface area contributed by atoms with Gasteiger partial charge in [-0.25, -0.2) is 0 Å². The van der Waals surface area contributed by atoms with Gasteiger partial charge < -0.3 is 4.90 Å². The molecular weight excluding hydrogens is 354 g/mol. The minimum atomic E-state index is 0.0673. The summed E-state index contributed by atoms with van der Waals surface area (Å²) in [6, 6.07) is 7.57. The zero-order valence-electron chi connectivity index (χ0n) is 9.65. The first-order chi connectivity index (χ1) is 8.60. The topological polar surface area (TPSA) is 20.3 Å². The van der Waals surface area contributed by atoms with Crippen LogP contribution in [0.5, 0.6) is 0 Å². The standard InChI is InChI=1S/C12H11BrClNOS2/c1-2-15(7-8-3-6-11(14)17-8)12(16)9-4-5-10(13)18-9/h3-6H,2,7H2,1H3. The van der Waals surface area contributed by atoms with Crippen molar-refractivity contribution in [1.82, 2.24) is 4.90 Å². The van der Waals surface area contributed by atoms with Gasteiger partial charge in [-0.3, -0.25) is 4.79 Å². The smallest absolute Gasteiger partial charge is 0.264 e. The summed E-state index contributed by atoms with van der Waals surface area (Å²) in [5.74, 6) is 0.0673. The molecule has 0 unspecified atom stereocenters. The molecule has 0 spiro atoms. The van der Waals surface area contributed by atoms with Crippen molar-refractivity contribution in [3.63, 3.8) is 0 Å². The second-order valence-corrected chi connectivity index (χ2v) is 7.89. The quantitative estimate of drug-likeness (QED) is 0.756. The number of hydrogen-bond donors (Lipinski definition) is 0. The van der Waals surface area contributed by atoms with Gasteiger partial charge in [0.25, 0.3) is 5.91 Å². The molecule has 2 heterocycles. The molecule has 0 fully saturated rings. The van der Waals surface area contributed by atoms with Gasteiger partial charge in [0.05, 0.1) is 19.5 Å². The Hall–Kier alpha value is -0.360. The van der Waals surface area contributed by atoms with E-state index < -0.39 is 0 Å². The maximum Gasteiger partial charge on any atom is 0.264 e. The van der Waals surface area contributed by atoms with Crippen molar-refractivity contribution in [2.75, 3.05) is 6.54 Å². The van der Waals surface area contributed by atoms with Gasteiger partial charge in [0, 0.05) is 11.4 Å². The van der Waals surface area contributed by atoms with Crippen molar-refractivity contribution in [1.29, 1.82) is 0 Å². The third-order valence-electron chi connectivity index (χ3n) is 2.43. The van der Waals surface area contributed by atoms with E-state index in [1.54, 1.807) is 0 Å². The molecule has 1 amide bonds. The highest BCUT2D eigenvalue weighted by atomic mass is 79.9. The average molecular weight is 365 g/mol. The van der Waals surface area contributed by atoms with Crippen molar-refractivity contribution in [3.8, 4) is 0 Å². The van der Waals surface area contributed by atoms with Crippen LogP contribution in [-0.4, -0.2) is 17.4 Å². The van der Waals surface area contributed by atoms with E-state index in [0.717, 1.165) is 17.9 Å². The lowest BCUT2D eigenvalue weighted by atomic mass is 10.3. The summed E-state index contributed by atoms with van der Waals surface area (Å²) < 4.78 is 1.73. The molecule has 2 rings (SSSR count). The van der Waals surface area contributed by atoms with Crippen LogP contribution in [0.25, 0.3) is 0 Å². The van der Waals surface area contributed by atoms with Crippen LogP contribution >= 0.6 is 50.2 Å². The molecule has 6 heteroatoms. The molecule has 18 heavy (non-hydrogen) atoms. The Morgan fingerprint density at radius 3 is 2.61 bits per heavy atom. The van der Waals surface area contributed by atoms with Gasteiger partial charge in [-0.05, 0) is 47.1 Å². The number of thiophene rings is 2. The van der Waals surface area contributed by atoms with Gasteiger partial charge >= 0.3 is 0 Å². The van der Waals surface area contributed by atoms with Crippen molar-refractivity contribution >= 4 is 56.1 Å². The van der Waals surface area contributed by atoms with E-state index in [-0.39, 0.29) is 5.91 Å². The van der Waals surface area contributed by atoms with Gasteiger partial charge in [0.15, 0.2) is 0 Å². The summed E-state index contributed by atoms with van der Waals surface area (Å²) in [4.78, 5) is 16.0. The fraction of sp³-hybridized carbons (Fsp3) is 0.250. The minimum absolute atomic E-state index is 0.0673. The van der Waals surface area contributed by atoms with Crippen LogP contribution in [0.15, 0.2) is 28.1 Å². The van der Waals surface area contributed by atoms with Gasteiger partial charge in [0.1, 0.15) is 0 Å². The molecular formula is C12H11BrClNOS2. The molecule has 0 atom stereocenters. The second kappa shape index (κ2) is 6.19. The van der Waals surface area contributed by atoms with Gasteiger partial charge in [0.2, 0.25) is 0 Å². The number of carbonyl (C=O) groups excluding carboxylic acids is 1. The fourth-order valence-electron chi connectivity index (χ4n) is 1.54. The predicted molar refractivity (Wildman–Crippen MR) is 81.8 cm³/mol. The average Bonchev–Trinajstić information content (AvgIpc) is 2.94. The zero-order valence-corrected chi connectivity index (χ0v) is 13.6. The maximum atomic E-state index is 12.3. The van der Waals surface area contributed by atoms with Crippen molar-refractivity contribution in [3.05, 3.63) is 42.1 Å². The summed E-state index contributed by atoms with van der Waals surface area (Å²) in [7, 11) is 0. The summed E-state index contributed by atoms with van der Waals surface area (Å²) in [5.41, 5.74) is 0. The summed E-state index contributed by atoms with van der Waals surface area (Å²) >= 11 is 12.2. The number of nitrogens with zero attached hydrogens (tertiary/aromatic N) is 1. The first-order valence-corrected chi connectivity index (χ1v) is 8.19. The Balaban J connectivity index is 2.11. The molecule has 2 aromatic heterocycles. The van der Waals surface area contributed by atoms with E-state index in [2.05, 4.69) is 15.9 Å². The molecule has 0 saturated carbocycles. The first-order valence-electron chi connectivity index (χ1n) is 5.39. The molecule has 0 N–H and O–H groups in total. The molecule has 2 nitrogen and oxygen atoms in total. The van der Waals surface area contributed by atoms with E-state index in [4.69, 9.17) is 11.6 Å². The Kier molecular flexibility index (Phi) is 4.84. The van der Waals surface area contributed by atoms with Crippen molar-refractivity contribution < 1.29 is 4.79 Å². The maximum absolute atomic E-state index is 12.3. The molecule has 0 aliphatic rings. The van der Waals surface area contributed by atoms with E-state index in [1.807, 2.05) is 36.1 Å². The Labute approximate surface area is 127 Å². The van der Waals surface area contributed by atoms with E-state index >= 15 is 0 Å². The summed E-state index contributed by atoms with van der Waals surface area (Å²) in [6.07, 6.45) is 0. The van der Waals surface area contributed by atoms with Gasteiger partial charge in [-0.2, -0.15) is 0 Å². The van der Waals surface area contributed by atoms with Crippen LogP contribution in [0.2, 0.25) is 4.34 Å². The normalized spacial score (nSPS) is 10.6. The highest BCUT2D eigenvalue weighted by molar-refractivity contribution is 9.11. The predicted octanol–water partition coefficient (Wildman–Crippen LogP) is 4.89. The number of halogens is 2. The van der Waals surface area contributed by atoms with Crippen molar-refractivity contribution in [2.24, 2.45) is 0 Å². The first kappa shape index (κ1) is 14.1. The summed E-state index contributed by atoms with van der Waals surface area (Å²) in [6.45, 7) is 3.28. The Morgan fingerprint density at radius 1 is 1.33 bits per heavy atom. The number of carbonyl (C=O) groups is 1. The Morgan fingerprint density at radius 2 is 2.11 bits per heavy atom. The number of rotatable bonds is 4. The SMILES string of the molecule is CCN(Cc1ccc(Cl)s1)C(=O)c1ccc(Br)s1. The molecule has 0 bridgehead atoms. The molecule has 96 valence electrons. The van der Waals surface area contributed by atoms with E-state index in [0.29, 0.717) is 13.1 Å². The number of hydrogen-bond acceptors (Lipinski definition) is 3. The highest BCUT2D eigenvalue weighted by Gasteiger charge is 2.17. The third-order valence-corrected chi connectivity index (χ3v) is 5.26. The molecule has 0 aromatic carbocycles. The largest absolute Gasteiger partial charge is 0.333 e. The van der Waals surface area contributed by atoms with Crippen LogP contribution < -0.4 is 0 Å². The molecule has 0 aliphatic heterocycles. The minimum Gasteiger partial charge on any atom is -0.333 e. The van der Waals surface area contributed by atoms with Crippen LogP contribution in [0, 0.1) is 0 Å². The van der Waals surface area contributed by atoms with Crippen LogP contribution in [0.4, 0.5) is 0 Å². The molecule has 0 radical (unpaired) electrons. The van der Waals surface area contributed by atoms with Crippen molar-refractivity contribution in [2.45, 2.75) is 13.5 Å². The fourth-order valence-corrected chi connectivity index (χ4v) is 3.99. The second-order valence-electron chi connectivity index (χ2n) is 3.63. The van der Waals surface area contributed by atoms with E-state index in [9.17, 15) is 4.79 Å². The lowest BCUT2D eigenvalue weighted by Crippen LogP contribution is -2.29. The monoisotopic (exact) mass is 363 g/mol. The zero-order chi connectivity index (χ0) is 13.1. The van der Waals surface area contributed by atoms with Crippen LogP contribution in [0.3, 0.4) is 0 Å². The highest BCUT2D eigenvalue weighted by Crippen LogP contribution is 2.26. The van der Waals surface area contributed by atoms with Crippen LogP contribution in [-0.2, 0) is 6.54 Å². The molecule has 0 saturated heterocycles. The van der Waals surface area contributed by atoms with Gasteiger partial charge in [-0.1, -0.05) is 11.6 Å². The molecule has 2 aromatic rings. The van der Waals surface area contributed by atoms with E-state index in [1.165, 1.54) is 22.7 Å². The lowest BCUT2D eigenvalue weighted by Gasteiger charge is -2.19. The van der Waals surface area contributed by atoms with Gasteiger partial charge in [-0.15, -0.1) is 22.7 Å². The number of amides is 1. The Bertz CT molecular complexity index is 552. The third kappa shape index (κ3) is 3.35. The lowest BCUT2D eigenvalue weighted by molar-refractivity contribution is 0.0759.